The minimum absolute atomic E-state index is 0.0112. The first-order valence-electron chi connectivity index (χ1n) is 6.89. The SMILES string of the molecule is N#CCN(C1CCCC1)S(=O)(=O)CCc1ccncc1. The highest BCUT2D eigenvalue weighted by Crippen LogP contribution is 2.25. The van der Waals surface area contributed by atoms with Crippen LogP contribution in [0.25, 0.3) is 0 Å². The molecule has 1 aromatic rings. The van der Waals surface area contributed by atoms with Gasteiger partial charge >= 0.3 is 0 Å². The fraction of sp³-hybridized carbons (Fsp3) is 0.571. The zero-order chi connectivity index (χ0) is 14.4. The highest BCUT2D eigenvalue weighted by atomic mass is 32.2. The molecule has 0 saturated heterocycles. The first kappa shape index (κ1) is 14.9. The van der Waals surface area contributed by atoms with Crippen LogP contribution in [-0.4, -0.2) is 36.0 Å². The van der Waals surface area contributed by atoms with Crippen molar-refractivity contribution in [1.29, 1.82) is 5.26 Å². The Balaban J connectivity index is 2.04. The molecule has 0 aromatic carbocycles. The molecule has 0 spiro atoms. The number of hydrogen-bond donors (Lipinski definition) is 0. The minimum atomic E-state index is -3.38. The number of aromatic nitrogens is 1. The number of pyridine rings is 1. The van der Waals surface area contributed by atoms with Gasteiger partial charge in [0.15, 0.2) is 0 Å². The first-order chi connectivity index (χ1) is 9.63. The van der Waals surface area contributed by atoms with E-state index in [4.69, 9.17) is 5.26 Å². The maximum absolute atomic E-state index is 12.4. The smallest absolute Gasteiger partial charge is 0.215 e. The van der Waals surface area contributed by atoms with Crippen molar-refractivity contribution in [2.24, 2.45) is 0 Å². The van der Waals surface area contributed by atoms with Crippen LogP contribution in [0.5, 0.6) is 0 Å². The summed E-state index contributed by atoms with van der Waals surface area (Å²) >= 11 is 0. The number of nitrogens with zero attached hydrogens (tertiary/aromatic N) is 3. The van der Waals surface area contributed by atoms with Crippen LogP contribution in [0.2, 0.25) is 0 Å². The van der Waals surface area contributed by atoms with Crippen LogP contribution < -0.4 is 0 Å². The average Bonchev–Trinajstić information content (AvgIpc) is 2.97. The summed E-state index contributed by atoms with van der Waals surface area (Å²) in [5.74, 6) is 0.0508. The van der Waals surface area contributed by atoms with Gasteiger partial charge in [-0.3, -0.25) is 4.98 Å². The highest BCUT2D eigenvalue weighted by Gasteiger charge is 2.31. The van der Waals surface area contributed by atoms with Gasteiger partial charge in [-0.15, -0.1) is 0 Å². The van der Waals surface area contributed by atoms with Gasteiger partial charge in [0.05, 0.1) is 11.8 Å². The second kappa shape index (κ2) is 6.82. The summed E-state index contributed by atoms with van der Waals surface area (Å²) in [5.41, 5.74) is 0.951. The van der Waals surface area contributed by atoms with Crippen LogP contribution in [0.3, 0.4) is 0 Å². The van der Waals surface area contributed by atoms with Crippen LogP contribution in [0.4, 0.5) is 0 Å². The van der Waals surface area contributed by atoms with E-state index in [1.54, 1.807) is 12.4 Å². The van der Waals surface area contributed by atoms with Gasteiger partial charge in [-0.05, 0) is 37.0 Å². The number of sulfonamides is 1. The molecule has 5 nitrogen and oxygen atoms in total. The molecule has 108 valence electrons. The van der Waals surface area contributed by atoms with Gasteiger partial charge in [0.1, 0.15) is 6.54 Å². The lowest BCUT2D eigenvalue weighted by Crippen LogP contribution is -2.40. The van der Waals surface area contributed by atoms with Gasteiger partial charge in [0.2, 0.25) is 10.0 Å². The van der Waals surface area contributed by atoms with E-state index < -0.39 is 10.0 Å². The van der Waals surface area contributed by atoms with Crippen molar-refractivity contribution in [2.45, 2.75) is 38.1 Å². The lowest BCUT2D eigenvalue weighted by Gasteiger charge is -2.25. The number of rotatable bonds is 6. The normalized spacial score (nSPS) is 16.4. The quantitative estimate of drug-likeness (QED) is 0.749. The highest BCUT2D eigenvalue weighted by molar-refractivity contribution is 7.89. The van der Waals surface area contributed by atoms with Crippen molar-refractivity contribution in [2.75, 3.05) is 12.3 Å². The van der Waals surface area contributed by atoms with Crippen LogP contribution >= 0.6 is 0 Å². The summed E-state index contributed by atoms with van der Waals surface area (Å²) < 4.78 is 26.3. The third-order valence-corrected chi connectivity index (χ3v) is 5.58. The molecule has 1 heterocycles. The Morgan fingerprint density at radius 2 is 1.95 bits per heavy atom. The second-order valence-corrected chi connectivity index (χ2v) is 7.10. The van der Waals surface area contributed by atoms with E-state index in [2.05, 4.69) is 4.98 Å². The standard InChI is InChI=1S/C14H19N3O2S/c15-8-11-17(14-3-1-2-4-14)20(18,19)12-7-13-5-9-16-10-6-13/h5-6,9-10,14H,1-4,7,11-12H2. The molecule has 0 atom stereocenters. The monoisotopic (exact) mass is 293 g/mol. The fourth-order valence-electron chi connectivity index (χ4n) is 2.63. The lowest BCUT2D eigenvalue weighted by molar-refractivity contribution is 0.350. The van der Waals surface area contributed by atoms with Crippen LogP contribution in [0.15, 0.2) is 24.5 Å². The van der Waals surface area contributed by atoms with Crippen LogP contribution in [0.1, 0.15) is 31.2 Å². The maximum atomic E-state index is 12.4. The Morgan fingerprint density at radius 1 is 1.30 bits per heavy atom. The van der Waals surface area contributed by atoms with Crippen molar-refractivity contribution in [3.63, 3.8) is 0 Å². The molecular formula is C14H19N3O2S. The molecule has 0 aliphatic heterocycles. The minimum Gasteiger partial charge on any atom is -0.265 e. The number of hydrogen-bond acceptors (Lipinski definition) is 4. The maximum Gasteiger partial charge on any atom is 0.215 e. The molecule has 0 amide bonds. The topological polar surface area (TPSA) is 74.1 Å². The Hall–Kier alpha value is -1.45. The molecule has 6 heteroatoms. The largest absolute Gasteiger partial charge is 0.265 e. The second-order valence-electron chi connectivity index (χ2n) is 5.06. The van der Waals surface area contributed by atoms with E-state index >= 15 is 0 Å². The molecule has 0 N–H and O–H groups in total. The van der Waals surface area contributed by atoms with E-state index in [0.717, 1.165) is 31.2 Å². The molecule has 1 aromatic heterocycles. The summed E-state index contributed by atoms with van der Waals surface area (Å²) in [5, 5.41) is 8.88. The van der Waals surface area contributed by atoms with Crippen molar-refractivity contribution in [3.05, 3.63) is 30.1 Å². The van der Waals surface area contributed by atoms with Crippen molar-refractivity contribution in [1.82, 2.24) is 9.29 Å². The van der Waals surface area contributed by atoms with E-state index in [1.807, 2.05) is 18.2 Å². The number of aryl methyl sites for hydroxylation is 1. The Morgan fingerprint density at radius 3 is 2.55 bits per heavy atom. The van der Waals surface area contributed by atoms with Gasteiger partial charge in [0.25, 0.3) is 0 Å². The van der Waals surface area contributed by atoms with Crippen molar-refractivity contribution in [3.8, 4) is 6.07 Å². The first-order valence-corrected chi connectivity index (χ1v) is 8.50. The molecule has 0 bridgehead atoms. The molecule has 20 heavy (non-hydrogen) atoms. The molecular weight excluding hydrogens is 274 g/mol. The van der Waals surface area contributed by atoms with E-state index in [1.165, 1.54) is 4.31 Å². The molecule has 0 unspecified atom stereocenters. The summed E-state index contributed by atoms with van der Waals surface area (Å²) in [6.45, 7) is -0.0383. The Labute approximate surface area is 120 Å². The Bertz CT molecular complexity index is 560. The van der Waals surface area contributed by atoms with Gasteiger partial charge in [-0.1, -0.05) is 12.8 Å². The van der Waals surface area contributed by atoms with Gasteiger partial charge in [-0.25, -0.2) is 8.42 Å². The summed E-state index contributed by atoms with van der Waals surface area (Å²) in [4.78, 5) is 3.91. The van der Waals surface area contributed by atoms with E-state index in [9.17, 15) is 8.42 Å². The molecule has 2 rings (SSSR count). The average molecular weight is 293 g/mol. The van der Waals surface area contributed by atoms with E-state index in [0.29, 0.717) is 6.42 Å². The zero-order valence-electron chi connectivity index (χ0n) is 11.4. The molecule has 1 saturated carbocycles. The van der Waals surface area contributed by atoms with Crippen molar-refractivity contribution < 1.29 is 8.42 Å². The summed E-state index contributed by atoms with van der Waals surface area (Å²) in [6.07, 6.45) is 7.61. The van der Waals surface area contributed by atoms with Crippen LogP contribution in [-0.2, 0) is 16.4 Å². The predicted octanol–water partition coefficient (Wildman–Crippen LogP) is 1.72. The molecule has 1 aliphatic carbocycles. The lowest BCUT2D eigenvalue weighted by atomic mass is 10.2. The van der Waals surface area contributed by atoms with Gasteiger partial charge in [0, 0.05) is 18.4 Å². The molecule has 1 aliphatic rings. The molecule has 1 fully saturated rings. The van der Waals surface area contributed by atoms with E-state index in [-0.39, 0.29) is 18.3 Å². The third kappa shape index (κ3) is 3.78. The van der Waals surface area contributed by atoms with Gasteiger partial charge < -0.3 is 0 Å². The Kier molecular flexibility index (Phi) is 5.10. The van der Waals surface area contributed by atoms with Gasteiger partial charge in [-0.2, -0.15) is 9.57 Å². The zero-order valence-corrected chi connectivity index (χ0v) is 12.2. The number of nitriles is 1. The van der Waals surface area contributed by atoms with Crippen molar-refractivity contribution >= 4 is 10.0 Å². The predicted molar refractivity (Wildman–Crippen MR) is 76.3 cm³/mol. The fourth-order valence-corrected chi connectivity index (χ4v) is 4.28. The summed E-state index contributed by atoms with van der Waals surface area (Å²) in [7, 11) is -3.38. The summed E-state index contributed by atoms with van der Waals surface area (Å²) in [6, 6.07) is 5.64. The third-order valence-electron chi connectivity index (χ3n) is 3.71. The van der Waals surface area contributed by atoms with Crippen LogP contribution in [0, 0.1) is 11.3 Å². The molecule has 0 radical (unpaired) electrons.